The second kappa shape index (κ2) is 3.93. The Kier molecular flexibility index (Phi) is 2.64. The average molecular weight is 273 g/mol. The maximum atomic E-state index is 11.5. The molecular formula is C10H15N3O2S2. The molecule has 2 aliphatic rings. The van der Waals surface area contributed by atoms with Crippen molar-refractivity contribution in [3.05, 3.63) is 11.6 Å². The SMILES string of the molecule is CS(=O)(=O)N1CC2CN(c3nccs3)CC2C1. The molecule has 0 bridgehead atoms. The molecule has 0 spiro atoms. The maximum absolute atomic E-state index is 11.5. The molecule has 0 N–H and O–H groups in total. The van der Waals surface area contributed by atoms with E-state index in [1.165, 1.54) is 6.26 Å². The van der Waals surface area contributed by atoms with Crippen LogP contribution in [0.25, 0.3) is 0 Å². The number of sulfonamides is 1. The monoisotopic (exact) mass is 273 g/mol. The molecule has 17 heavy (non-hydrogen) atoms. The molecule has 0 radical (unpaired) electrons. The summed E-state index contributed by atoms with van der Waals surface area (Å²) in [5.74, 6) is 0.933. The first-order valence-corrected chi connectivity index (χ1v) is 8.36. The fraction of sp³-hybridized carbons (Fsp3) is 0.700. The van der Waals surface area contributed by atoms with Gasteiger partial charge in [0.15, 0.2) is 5.13 Å². The fourth-order valence-corrected chi connectivity index (χ4v) is 4.34. The maximum Gasteiger partial charge on any atom is 0.211 e. The van der Waals surface area contributed by atoms with Crippen molar-refractivity contribution in [2.24, 2.45) is 11.8 Å². The average Bonchev–Trinajstić information content (AvgIpc) is 2.90. The molecule has 2 atom stereocenters. The van der Waals surface area contributed by atoms with Gasteiger partial charge in [-0.05, 0) is 11.8 Å². The molecule has 2 aliphatic heterocycles. The van der Waals surface area contributed by atoms with Gasteiger partial charge in [0.2, 0.25) is 10.0 Å². The smallest absolute Gasteiger partial charge is 0.211 e. The number of aromatic nitrogens is 1. The summed E-state index contributed by atoms with van der Waals surface area (Å²) in [5, 5.41) is 3.04. The second-order valence-electron chi connectivity index (χ2n) is 4.82. The van der Waals surface area contributed by atoms with Gasteiger partial charge in [0.25, 0.3) is 0 Å². The Morgan fingerprint density at radius 1 is 1.29 bits per heavy atom. The van der Waals surface area contributed by atoms with Crippen molar-refractivity contribution in [1.29, 1.82) is 0 Å². The number of thiazole rings is 1. The minimum Gasteiger partial charge on any atom is -0.347 e. The van der Waals surface area contributed by atoms with Crippen LogP contribution in [0.3, 0.4) is 0 Å². The van der Waals surface area contributed by atoms with Crippen LogP contribution in [-0.2, 0) is 10.0 Å². The van der Waals surface area contributed by atoms with Crippen LogP contribution in [0.2, 0.25) is 0 Å². The summed E-state index contributed by atoms with van der Waals surface area (Å²) in [6.45, 7) is 3.21. The molecule has 94 valence electrons. The molecule has 2 unspecified atom stereocenters. The first kappa shape index (κ1) is 11.4. The normalized spacial score (nSPS) is 29.8. The van der Waals surface area contributed by atoms with Gasteiger partial charge in [0.05, 0.1) is 6.26 Å². The lowest BCUT2D eigenvalue weighted by Gasteiger charge is -2.19. The van der Waals surface area contributed by atoms with Crippen molar-refractivity contribution < 1.29 is 8.42 Å². The van der Waals surface area contributed by atoms with E-state index in [-0.39, 0.29) is 0 Å². The Bertz CT molecular complexity index is 486. The number of rotatable bonds is 2. The van der Waals surface area contributed by atoms with Crippen LogP contribution in [0.5, 0.6) is 0 Å². The first-order valence-electron chi connectivity index (χ1n) is 5.63. The molecule has 2 fully saturated rings. The number of hydrogen-bond donors (Lipinski definition) is 0. The topological polar surface area (TPSA) is 53.5 Å². The zero-order valence-electron chi connectivity index (χ0n) is 9.61. The number of nitrogens with zero attached hydrogens (tertiary/aromatic N) is 3. The zero-order chi connectivity index (χ0) is 12.0. The quantitative estimate of drug-likeness (QED) is 0.786. The van der Waals surface area contributed by atoms with E-state index in [1.807, 2.05) is 11.6 Å². The van der Waals surface area contributed by atoms with E-state index in [1.54, 1.807) is 15.6 Å². The third-order valence-corrected chi connectivity index (χ3v) is 5.68. The van der Waals surface area contributed by atoms with E-state index in [2.05, 4.69) is 9.88 Å². The molecule has 5 nitrogen and oxygen atoms in total. The van der Waals surface area contributed by atoms with E-state index in [0.29, 0.717) is 24.9 Å². The number of fused-ring (bicyclic) bond motifs is 1. The van der Waals surface area contributed by atoms with Gasteiger partial charge < -0.3 is 4.90 Å². The standard InChI is InChI=1S/C10H15N3O2S2/c1-17(14,15)13-6-8-4-12(5-9(8)7-13)10-11-2-3-16-10/h2-3,8-9H,4-7H2,1H3. The Morgan fingerprint density at radius 2 is 1.94 bits per heavy atom. The number of anilines is 1. The fourth-order valence-electron chi connectivity index (χ4n) is 2.75. The minimum absolute atomic E-state index is 0.466. The lowest BCUT2D eigenvalue weighted by atomic mass is 10.0. The largest absolute Gasteiger partial charge is 0.347 e. The van der Waals surface area contributed by atoms with Gasteiger partial charge in [-0.3, -0.25) is 0 Å². The van der Waals surface area contributed by atoms with Crippen molar-refractivity contribution in [3.63, 3.8) is 0 Å². The molecule has 1 aromatic rings. The Morgan fingerprint density at radius 3 is 2.41 bits per heavy atom. The summed E-state index contributed by atoms with van der Waals surface area (Å²) in [6.07, 6.45) is 3.11. The summed E-state index contributed by atoms with van der Waals surface area (Å²) in [4.78, 5) is 6.58. The van der Waals surface area contributed by atoms with Gasteiger partial charge in [-0.2, -0.15) is 0 Å². The van der Waals surface area contributed by atoms with Gasteiger partial charge >= 0.3 is 0 Å². The second-order valence-corrected chi connectivity index (χ2v) is 7.68. The van der Waals surface area contributed by atoms with E-state index >= 15 is 0 Å². The van der Waals surface area contributed by atoms with E-state index in [4.69, 9.17) is 0 Å². The third kappa shape index (κ3) is 2.07. The van der Waals surface area contributed by atoms with Crippen molar-refractivity contribution in [1.82, 2.24) is 9.29 Å². The van der Waals surface area contributed by atoms with Crippen LogP contribution in [0.15, 0.2) is 11.6 Å². The Balaban J connectivity index is 1.70. The molecule has 3 rings (SSSR count). The Hall–Kier alpha value is -0.660. The van der Waals surface area contributed by atoms with Crippen molar-refractivity contribution >= 4 is 26.5 Å². The predicted molar refractivity (Wildman–Crippen MR) is 67.7 cm³/mol. The predicted octanol–water partition coefficient (Wildman–Crippen LogP) is 0.471. The van der Waals surface area contributed by atoms with Crippen LogP contribution >= 0.6 is 11.3 Å². The van der Waals surface area contributed by atoms with Crippen LogP contribution in [0, 0.1) is 11.8 Å². The summed E-state index contributed by atoms with van der Waals surface area (Å²) in [5.41, 5.74) is 0. The minimum atomic E-state index is -3.01. The van der Waals surface area contributed by atoms with Crippen molar-refractivity contribution in [3.8, 4) is 0 Å². The van der Waals surface area contributed by atoms with E-state index < -0.39 is 10.0 Å². The highest BCUT2D eigenvalue weighted by molar-refractivity contribution is 7.88. The van der Waals surface area contributed by atoms with Gasteiger partial charge in [-0.1, -0.05) is 0 Å². The highest BCUT2D eigenvalue weighted by Crippen LogP contribution is 2.35. The van der Waals surface area contributed by atoms with Gasteiger partial charge in [0.1, 0.15) is 0 Å². The Labute approximate surface area is 105 Å². The van der Waals surface area contributed by atoms with Crippen LogP contribution < -0.4 is 4.90 Å². The summed E-state index contributed by atoms with van der Waals surface area (Å²) >= 11 is 1.65. The molecule has 0 aliphatic carbocycles. The van der Waals surface area contributed by atoms with Crippen molar-refractivity contribution in [2.45, 2.75) is 0 Å². The summed E-state index contributed by atoms with van der Waals surface area (Å²) in [6, 6.07) is 0. The third-order valence-electron chi connectivity index (χ3n) is 3.61. The van der Waals surface area contributed by atoms with Crippen molar-refractivity contribution in [2.75, 3.05) is 37.3 Å². The molecule has 3 heterocycles. The van der Waals surface area contributed by atoms with E-state index in [0.717, 1.165) is 18.2 Å². The highest BCUT2D eigenvalue weighted by Gasteiger charge is 2.43. The summed E-state index contributed by atoms with van der Waals surface area (Å²) < 4.78 is 24.6. The molecule has 0 saturated carbocycles. The van der Waals surface area contributed by atoms with Crippen LogP contribution in [-0.4, -0.2) is 50.1 Å². The lowest BCUT2D eigenvalue weighted by molar-refractivity contribution is 0.458. The van der Waals surface area contributed by atoms with Gasteiger partial charge in [0, 0.05) is 37.8 Å². The first-order chi connectivity index (χ1) is 8.04. The molecule has 1 aromatic heterocycles. The molecule has 7 heteroatoms. The van der Waals surface area contributed by atoms with Gasteiger partial charge in [-0.15, -0.1) is 11.3 Å². The lowest BCUT2D eigenvalue weighted by Crippen LogP contribution is -2.32. The molecule has 0 amide bonds. The zero-order valence-corrected chi connectivity index (χ0v) is 11.2. The molecule has 2 saturated heterocycles. The molecular weight excluding hydrogens is 258 g/mol. The summed E-state index contributed by atoms with van der Waals surface area (Å²) in [7, 11) is -3.01. The van der Waals surface area contributed by atoms with Crippen LogP contribution in [0.4, 0.5) is 5.13 Å². The number of hydrogen-bond acceptors (Lipinski definition) is 5. The van der Waals surface area contributed by atoms with E-state index in [9.17, 15) is 8.42 Å². The van der Waals surface area contributed by atoms with Crippen LogP contribution in [0.1, 0.15) is 0 Å². The van der Waals surface area contributed by atoms with Gasteiger partial charge in [-0.25, -0.2) is 17.7 Å². The molecule has 0 aromatic carbocycles. The highest BCUT2D eigenvalue weighted by atomic mass is 32.2.